The van der Waals surface area contributed by atoms with Gasteiger partial charge in [-0.2, -0.15) is 0 Å². The number of carbonyl (C=O) groups is 3. The summed E-state index contributed by atoms with van der Waals surface area (Å²) in [5.41, 5.74) is 4.29. The van der Waals surface area contributed by atoms with Crippen molar-refractivity contribution in [2.75, 3.05) is 30.0 Å². The molecular weight excluding hydrogens is 440 g/mol. The van der Waals surface area contributed by atoms with E-state index in [0.29, 0.717) is 22.0 Å². The third-order valence-electron chi connectivity index (χ3n) is 4.44. The molecule has 31 heavy (non-hydrogen) atoms. The van der Waals surface area contributed by atoms with Crippen LogP contribution in [0.25, 0.3) is 11.3 Å². The highest BCUT2D eigenvalue weighted by Gasteiger charge is 2.28. The molecule has 11 heteroatoms. The molecule has 0 unspecified atom stereocenters. The molecule has 0 atom stereocenters. The molecule has 2 aromatic heterocycles. The fourth-order valence-corrected chi connectivity index (χ4v) is 4.47. The van der Waals surface area contributed by atoms with Gasteiger partial charge in [0, 0.05) is 10.9 Å². The Hall–Kier alpha value is -3.31. The summed E-state index contributed by atoms with van der Waals surface area (Å²) in [6.45, 7) is 3.26. The van der Waals surface area contributed by atoms with Gasteiger partial charge in [0.05, 0.1) is 29.2 Å². The topological polar surface area (TPSA) is 111 Å². The van der Waals surface area contributed by atoms with Crippen LogP contribution in [0, 0.1) is 6.92 Å². The summed E-state index contributed by atoms with van der Waals surface area (Å²) < 4.78 is 10.5. The minimum atomic E-state index is -0.482. The second-order valence-electron chi connectivity index (χ2n) is 6.53. The van der Waals surface area contributed by atoms with Crippen LogP contribution >= 0.6 is 22.7 Å². The number of esters is 1. The van der Waals surface area contributed by atoms with Crippen molar-refractivity contribution < 1.29 is 23.9 Å². The summed E-state index contributed by atoms with van der Waals surface area (Å²) in [5.74, 6) is -0.740. The normalized spacial score (nSPS) is 12.8. The maximum atomic E-state index is 12.7. The van der Waals surface area contributed by atoms with Crippen LogP contribution in [0.1, 0.15) is 22.3 Å². The van der Waals surface area contributed by atoms with E-state index in [2.05, 4.69) is 15.3 Å². The van der Waals surface area contributed by atoms with Crippen molar-refractivity contribution in [3.63, 3.8) is 0 Å². The Labute approximate surface area is 185 Å². The van der Waals surface area contributed by atoms with Crippen LogP contribution in [0.2, 0.25) is 0 Å². The van der Waals surface area contributed by atoms with Crippen molar-refractivity contribution in [1.82, 2.24) is 9.97 Å². The molecule has 0 bridgehead atoms. The summed E-state index contributed by atoms with van der Waals surface area (Å²) in [4.78, 5) is 47.3. The molecule has 1 aliphatic heterocycles. The van der Waals surface area contributed by atoms with Crippen molar-refractivity contribution in [2.45, 2.75) is 13.8 Å². The molecule has 0 aliphatic carbocycles. The van der Waals surface area contributed by atoms with Crippen molar-refractivity contribution in [3.8, 4) is 17.0 Å². The van der Waals surface area contributed by atoms with Crippen molar-refractivity contribution in [2.24, 2.45) is 0 Å². The van der Waals surface area contributed by atoms with E-state index in [1.807, 2.05) is 11.4 Å². The number of benzene rings is 1. The van der Waals surface area contributed by atoms with E-state index < -0.39 is 11.9 Å². The van der Waals surface area contributed by atoms with E-state index in [0.717, 1.165) is 22.6 Å². The van der Waals surface area contributed by atoms with Crippen LogP contribution in [-0.4, -0.2) is 47.5 Å². The second kappa shape index (κ2) is 8.82. The van der Waals surface area contributed by atoms with Gasteiger partial charge < -0.3 is 14.8 Å². The summed E-state index contributed by atoms with van der Waals surface area (Å²) in [7, 11) is 0. The first-order valence-corrected chi connectivity index (χ1v) is 11.1. The van der Waals surface area contributed by atoms with Gasteiger partial charge in [0.15, 0.2) is 11.7 Å². The molecular formula is C20H18N4O5S2. The zero-order valence-electron chi connectivity index (χ0n) is 16.7. The second-order valence-corrected chi connectivity index (χ2v) is 8.24. The monoisotopic (exact) mass is 458 g/mol. The lowest BCUT2D eigenvalue weighted by atomic mass is 10.1. The first-order chi connectivity index (χ1) is 15.0. The summed E-state index contributed by atoms with van der Waals surface area (Å²) in [5, 5.41) is 4.82. The SMILES string of the molecule is CCOC(=O)c1sc(NC(=O)CN2C(=O)COc3ccc(-c4cscn4)cc32)nc1C. The Morgan fingerprint density at radius 2 is 2.19 bits per heavy atom. The summed E-state index contributed by atoms with van der Waals surface area (Å²) >= 11 is 2.50. The number of fused-ring (bicyclic) bond motifs is 1. The molecule has 0 radical (unpaired) electrons. The Bertz CT molecular complexity index is 1140. The number of hydrogen-bond donors (Lipinski definition) is 1. The summed E-state index contributed by atoms with van der Waals surface area (Å²) in [6, 6.07) is 5.40. The van der Waals surface area contributed by atoms with Crippen LogP contribution in [0.4, 0.5) is 10.8 Å². The molecule has 3 heterocycles. The number of rotatable bonds is 6. The third kappa shape index (κ3) is 4.42. The molecule has 9 nitrogen and oxygen atoms in total. The molecule has 160 valence electrons. The lowest BCUT2D eigenvalue weighted by Crippen LogP contribution is -2.43. The molecule has 0 saturated heterocycles. The number of aromatic nitrogens is 2. The Kier molecular flexibility index (Phi) is 5.96. The van der Waals surface area contributed by atoms with Crippen LogP contribution < -0.4 is 15.0 Å². The van der Waals surface area contributed by atoms with Gasteiger partial charge in [0.2, 0.25) is 5.91 Å². The van der Waals surface area contributed by atoms with E-state index in [4.69, 9.17) is 9.47 Å². The zero-order valence-corrected chi connectivity index (χ0v) is 18.3. The number of ether oxygens (including phenoxy) is 2. The molecule has 1 aromatic carbocycles. The molecule has 0 saturated carbocycles. The molecule has 4 rings (SSSR count). The fraction of sp³-hybridized carbons (Fsp3) is 0.250. The van der Waals surface area contributed by atoms with Gasteiger partial charge in [-0.1, -0.05) is 11.3 Å². The largest absolute Gasteiger partial charge is 0.482 e. The van der Waals surface area contributed by atoms with Gasteiger partial charge >= 0.3 is 5.97 Å². The van der Waals surface area contributed by atoms with E-state index >= 15 is 0 Å². The highest BCUT2D eigenvalue weighted by molar-refractivity contribution is 7.17. The first kappa shape index (κ1) is 20.9. The average Bonchev–Trinajstić information content (AvgIpc) is 3.40. The van der Waals surface area contributed by atoms with E-state index in [1.54, 1.807) is 31.5 Å². The molecule has 0 fully saturated rings. The predicted molar refractivity (Wildman–Crippen MR) is 117 cm³/mol. The number of anilines is 2. The van der Waals surface area contributed by atoms with Gasteiger partial charge in [0.1, 0.15) is 17.2 Å². The van der Waals surface area contributed by atoms with Gasteiger partial charge in [-0.3, -0.25) is 14.5 Å². The van der Waals surface area contributed by atoms with Crippen LogP contribution in [0.3, 0.4) is 0 Å². The van der Waals surface area contributed by atoms with Crippen LogP contribution in [-0.2, 0) is 14.3 Å². The van der Waals surface area contributed by atoms with Crippen LogP contribution in [0.5, 0.6) is 5.75 Å². The standard InChI is InChI=1S/C20H18N4O5S2/c1-3-28-19(27)18-11(2)22-20(31-18)23-16(25)7-24-14-6-12(13-9-30-10-21-13)4-5-15(14)29-8-17(24)26/h4-6,9-10H,3,7-8H2,1-2H3,(H,22,23,25). The Morgan fingerprint density at radius 3 is 2.94 bits per heavy atom. The molecule has 1 N–H and O–H groups in total. The summed E-state index contributed by atoms with van der Waals surface area (Å²) in [6.07, 6.45) is 0. The number of thiazole rings is 2. The number of nitrogens with one attached hydrogen (secondary N) is 1. The highest BCUT2D eigenvalue weighted by Crippen LogP contribution is 2.36. The van der Waals surface area contributed by atoms with Crippen molar-refractivity contribution >= 4 is 51.3 Å². The maximum Gasteiger partial charge on any atom is 0.350 e. The maximum absolute atomic E-state index is 12.7. The van der Waals surface area contributed by atoms with Gasteiger partial charge in [-0.05, 0) is 32.0 Å². The van der Waals surface area contributed by atoms with E-state index in [9.17, 15) is 14.4 Å². The Balaban J connectivity index is 1.52. The third-order valence-corrected chi connectivity index (χ3v) is 6.07. The molecule has 2 amide bonds. The van der Waals surface area contributed by atoms with Crippen molar-refractivity contribution in [1.29, 1.82) is 0 Å². The van der Waals surface area contributed by atoms with E-state index in [-0.39, 0.29) is 30.8 Å². The lowest BCUT2D eigenvalue weighted by molar-refractivity contribution is -0.123. The quantitative estimate of drug-likeness (QED) is 0.565. The Morgan fingerprint density at radius 1 is 1.35 bits per heavy atom. The zero-order chi connectivity index (χ0) is 22.0. The smallest absolute Gasteiger partial charge is 0.350 e. The molecule has 3 aromatic rings. The predicted octanol–water partition coefficient (Wildman–Crippen LogP) is 3.12. The lowest BCUT2D eigenvalue weighted by Gasteiger charge is -2.29. The minimum Gasteiger partial charge on any atom is -0.482 e. The van der Waals surface area contributed by atoms with Gasteiger partial charge in [0.25, 0.3) is 5.91 Å². The van der Waals surface area contributed by atoms with Gasteiger partial charge in [-0.25, -0.2) is 14.8 Å². The van der Waals surface area contributed by atoms with E-state index in [1.165, 1.54) is 16.2 Å². The van der Waals surface area contributed by atoms with Gasteiger partial charge in [-0.15, -0.1) is 11.3 Å². The number of hydrogen-bond acceptors (Lipinski definition) is 9. The minimum absolute atomic E-state index is 0.153. The average molecular weight is 459 g/mol. The number of nitrogens with zero attached hydrogens (tertiary/aromatic N) is 3. The number of amides is 2. The first-order valence-electron chi connectivity index (χ1n) is 9.36. The van der Waals surface area contributed by atoms with Crippen molar-refractivity contribution in [3.05, 3.63) is 39.7 Å². The number of aryl methyl sites for hydroxylation is 1. The number of carbonyl (C=O) groups excluding carboxylic acids is 3. The molecule has 0 spiro atoms. The highest BCUT2D eigenvalue weighted by atomic mass is 32.1. The molecule has 1 aliphatic rings. The van der Waals surface area contributed by atoms with Crippen LogP contribution in [0.15, 0.2) is 29.1 Å². The fourth-order valence-electron chi connectivity index (χ4n) is 3.03.